The molecule has 3 nitrogen and oxygen atoms in total. The molecule has 0 atom stereocenters. The Morgan fingerprint density at radius 3 is 2.61 bits per heavy atom. The lowest BCUT2D eigenvalue weighted by molar-refractivity contribution is 0.0502. The van der Waals surface area contributed by atoms with Crippen molar-refractivity contribution < 1.29 is 13.9 Å². The third-order valence-electron chi connectivity index (χ3n) is 3.81. The summed E-state index contributed by atoms with van der Waals surface area (Å²) in [6.45, 7) is 2.49. The number of hydrogen-bond donors (Lipinski definition) is 1. The van der Waals surface area contributed by atoms with Crippen molar-refractivity contribution in [3.63, 3.8) is 0 Å². The summed E-state index contributed by atoms with van der Waals surface area (Å²) >= 11 is 0. The molecule has 3 rings (SSSR count). The minimum atomic E-state index is -0.306. The first-order valence-electron chi connectivity index (χ1n) is 7.73. The summed E-state index contributed by atoms with van der Waals surface area (Å²) in [5.41, 5.74) is 3.29. The lowest BCUT2D eigenvalue weighted by atomic mass is 10.0. The molecular formula is C19H18FNO2. The summed E-state index contributed by atoms with van der Waals surface area (Å²) in [5, 5.41) is 0.831. The smallest absolute Gasteiger partial charge is 0.340 e. The number of aromatic nitrogens is 1. The van der Waals surface area contributed by atoms with Crippen molar-refractivity contribution in [1.29, 1.82) is 0 Å². The normalized spacial score (nSPS) is 10.9. The second kappa shape index (κ2) is 6.65. The van der Waals surface area contributed by atoms with E-state index < -0.39 is 0 Å². The summed E-state index contributed by atoms with van der Waals surface area (Å²) < 4.78 is 18.3. The number of carbonyl (C=O) groups excluding carboxylic acids is 1. The van der Waals surface area contributed by atoms with E-state index in [0.717, 1.165) is 34.9 Å². The van der Waals surface area contributed by atoms with Crippen molar-refractivity contribution in [2.24, 2.45) is 0 Å². The Morgan fingerprint density at radius 1 is 1.13 bits per heavy atom. The van der Waals surface area contributed by atoms with Gasteiger partial charge in [0.15, 0.2) is 0 Å². The quantitative estimate of drug-likeness (QED) is 0.536. The van der Waals surface area contributed by atoms with Gasteiger partial charge in [-0.2, -0.15) is 0 Å². The molecule has 0 radical (unpaired) electrons. The number of ether oxygens (including phenoxy) is 1. The molecule has 0 aliphatic rings. The second-order valence-electron chi connectivity index (χ2n) is 5.46. The van der Waals surface area contributed by atoms with Gasteiger partial charge in [0.05, 0.1) is 12.2 Å². The van der Waals surface area contributed by atoms with Gasteiger partial charge in [0.2, 0.25) is 0 Å². The van der Waals surface area contributed by atoms with Crippen LogP contribution < -0.4 is 0 Å². The average Bonchev–Trinajstić information content (AvgIpc) is 2.99. The van der Waals surface area contributed by atoms with E-state index >= 15 is 0 Å². The van der Waals surface area contributed by atoms with Gasteiger partial charge in [-0.15, -0.1) is 0 Å². The number of aromatic amines is 1. The van der Waals surface area contributed by atoms with Crippen molar-refractivity contribution in [2.75, 3.05) is 6.61 Å². The fraction of sp³-hybridized carbons (Fsp3) is 0.211. The molecule has 1 N–H and O–H groups in total. The Hall–Kier alpha value is -2.62. The van der Waals surface area contributed by atoms with E-state index in [-0.39, 0.29) is 11.8 Å². The highest BCUT2D eigenvalue weighted by atomic mass is 19.1. The molecule has 0 spiro atoms. The molecular weight excluding hydrogens is 293 g/mol. The van der Waals surface area contributed by atoms with Crippen LogP contribution in [-0.2, 0) is 4.74 Å². The molecule has 0 unspecified atom stereocenters. The van der Waals surface area contributed by atoms with E-state index in [4.69, 9.17) is 4.74 Å². The van der Waals surface area contributed by atoms with Gasteiger partial charge in [-0.3, -0.25) is 0 Å². The topological polar surface area (TPSA) is 42.1 Å². The predicted molar refractivity (Wildman–Crippen MR) is 88.9 cm³/mol. The summed E-state index contributed by atoms with van der Waals surface area (Å²) in [4.78, 5) is 15.2. The predicted octanol–water partition coefficient (Wildman–Crippen LogP) is 4.93. The number of carbonyl (C=O) groups is 1. The van der Waals surface area contributed by atoms with Crippen LogP contribution in [0.1, 0.15) is 30.1 Å². The first kappa shape index (κ1) is 15.3. The van der Waals surface area contributed by atoms with Crippen molar-refractivity contribution in [3.8, 4) is 11.1 Å². The van der Waals surface area contributed by atoms with E-state index in [1.54, 1.807) is 18.3 Å². The zero-order valence-electron chi connectivity index (χ0n) is 12.9. The molecule has 2 aromatic carbocycles. The van der Waals surface area contributed by atoms with Gasteiger partial charge in [-0.25, -0.2) is 9.18 Å². The molecule has 0 bridgehead atoms. The number of unbranched alkanes of at least 4 members (excludes halogenated alkanes) is 1. The molecule has 0 saturated carbocycles. The minimum absolute atomic E-state index is 0.258. The van der Waals surface area contributed by atoms with Gasteiger partial charge in [0, 0.05) is 17.1 Å². The molecule has 0 aliphatic carbocycles. The molecule has 0 fully saturated rings. The largest absolute Gasteiger partial charge is 0.462 e. The number of rotatable bonds is 5. The van der Waals surface area contributed by atoms with Crippen LogP contribution in [0, 0.1) is 5.82 Å². The monoisotopic (exact) mass is 311 g/mol. The molecule has 0 saturated heterocycles. The zero-order valence-corrected chi connectivity index (χ0v) is 12.9. The van der Waals surface area contributed by atoms with Gasteiger partial charge in [-0.05, 0) is 35.7 Å². The van der Waals surface area contributed by atoms with E-state index in [0.29, 0.717) is 12.2 Å². The van der Waals surface area contributed by atoms with Gasteiger partial charge < -0.3 is 9.72 Å². The number of fused-ring (bicyclic) bond motifs is 1. The molecule has 1 heterocycles. The highest BCUT2D eigenvalue weighted by Gasteiger charge is 2.13. The number of halogens is 1. The zero-order chi connectivity index (χ0) is 16.2. The van der Waals surface area contributed by atoms with Crippen molar-refractivity contribution in [2.45, 2.75) is 19.8 Å². The Morgan fingerprint density at radius 2 is 1.87 bits per heavy atom. The molecule has 1 aromatic heterocycles. The van der Waals surface area contributed by atoms with Crippen LogP contribution in [0.4, 0.5) is 4.39 Å². The molecule has 0 amide bonds. The number of nitrogens with one attached hydrogen (secondary N) is 1. The van der Waals surface area contributed by atoms with Crippen molar-refractivity contribution >= 4 is 16.9 Å². The summed E-state index contributed by atoms with van der Waals surface area (Å²) in [6.07, 6.45) is 3.53. The maximum atomic E-state index is 13.0. The van der Waals surface area contributed by atoms with E-state index in [1.807, 2.05) is 18.2 Å². The van der Waals surface area contributed by atoms with Gasteiger partial charge in [-0.1, -0.05) is 37.6 Å². The lowest BCUT2D eigenvalue weighted by Gasteiger charge is -2.04. The van der Waals surface area contributed by atoms with Crippen LogP contribution in [0.3, 0.4) is 0 Å². The molecule has 118 valence electrons. The third-order valence-corrected chi connectivity index (χ3v) is 3.81. The molecule has 0 aliphatic heterocycles. The maximum absolute atomic E-state index is 13.0. The van der Waals surface area contributed by atoms with Gasteiger partial charge in [0.1, 0.15) is 5.82 Å². The summed E-state index contributed by atoms with van der Waals surface area (Å²) in [6, 6.07) is 12.1. The van der Waals surface area contributed by atoms with Crippen LogP contribution in [0.5, 0.6) is 0 Å². The van der Waals surface area contributed by atoms with Crippen LogP contribution >= 0.6 is 0 Å². The first-order chi connectivity index (χ1) is 11.2. The highest BCUT2D eigenvalue weighted by Crippen LogP contribution is 2.26. The van der Waals surface area contributed by atoms with Crippen LogP contribution in [0.15, 0.2) is 48.7 Å². The SMILES string of the molecule is CCCCOC(=O)c1c[nH]c2cc(-c3ccc(F)cc3)ccc12. The second-order valence-corrected chi connectivity index (χ2v) is 5.46. The number of benzene rings is 2. The first-order valence-corrected chi connectivity index (χ1v) is 7.73. The molecule has 3 aromatic rings. The van der Waals surface area contributed by atoms with Crippen LogP contribution in [-0.4, -0.2) is 17.6 Å². The Labute approximate surface area is 134 Å². The van der Waals surface area contributed by atoms with Gasteiger partial charge >= 0.3 is 5.97 Å². The Kier molecular flexibility index (Phi) is 4.42. The number of H-pyrrole nitrogens is 1. The maximum Gasteiger partial charge on any atom is 0.340 e. The fourth-order valence-corrected chi connectivity index (χ4v) is 2.50. The number of esters is 1. The van der Waals surface area contributed by atoms with Crippen LogP contribution in [0.25, 0.3) is 22.0 Å². The van der Waals surface area contributed by atoms with E-state index in [2.05, 4.69) is 11.9 Å². The summed E-state index contributed by atoms with van der Waals surface area (Å²) in [7, 11) is 0. The number of hydrogen-bond acceptors (Lipinski definition) is 2. The third kappa shape index (κ3) is 3.26. The minimum Gasteiger partial charge on any atom is -0.462 e. The van der Waals surface area contributed by atoms with Crippen molar-refractivity contribution in [1.82, 2.24) is 4.98 Å². The lowest BCUT2D eigenvalue weighted by Crippen LogP contribution is -2.05. The Bertz CT molecular complexity index is 821. The van der Waals surface area contributed by atoms with E-state index in [1.165, 1.54) is 12.1 Å². The summed E-state index contributed by atoms with van der Waals surface area (Å²) in [5.74, 6) is -0.564. The van der Waals surface area contributed by atoms with E-state index in [9.17, 15) is 9.18 Å². The highest BCUT2D eigenvalue weighted by molar-refractivity contribution is 6.04. The fourth-order valence-electron chi connectivity index (χ4n) is 2.50. The van der Waals surface area contributed by atoms with Crippen molar-refractivity contribution in [3.05, 3.63) is 60.0 Å². The Balaban J connectivity index is 1.88. The average molecular weight is 311 g/mol. The molecule has 4 heteroatoms. The van der Waals surface area contributed by atoms with Gasteiger partial charge in [0.25, 0.3) is 0 Å². The standard InChI is InChI=1S/C19H18FNO2/c1-2-3-10-23-19(22)17-12-21-18-11-14(6-9-16(17)18)13-4-7-15(20)8-5-13/h4-9,11-12,21H,2-3,10H2,1H3. The molecule has 23 heavy (non-hydrogen) atoms. The van der Waals surface area contributed by atoms with Crippen LogP contribution in [0.2, 0.25) is 0 Å².